The smallest absolute Gasteiger partial charge is 0.207 e. The van der Waals surface area contributed by atoms with Crippen molar-refractivity contribution in [2.45, 2.75) is 33.7 Å². The summed E-state index contributed by atoms with van der Waals surface area (Å²) in [4.78, 5) is 4.56. The Hall–Kier alpha value is -1.33. The summed E-state index contributed by atoms with van der Waals surface area (Å²) in [5.41, 5.74) is 3.26. The second kappa shape index (κ2) is 7.61. The van der Waals surface area contributed by atoms with Crippen LogP contribution in [0.2, 0.25) is 0 Å². The fourth-order valence-corrected chi connectivity index (χ4v) is 2.84. The summed E-state index contributed by atoms with van der Waals surface area (Å²) in [7, 11) is 0. The first-order valence-corrected chi connectivity index (χ1v) is 8.03. The zero-order valence-corrected chi connectivity index (χ0v) is 14.4. The molecule has 2 aromatic rings. The number of nitrogens with one attached hydrogen (secondary N) is 1. The first-order valence-electron chi connectivity index (χ1n) is 7.24. The lowest BCUT2D eigenvalue weighted by Gasteiger charge is -2.11. The Morgan fingerprint density at radius 1 is 1.29 bits per heavy atom. The van der Waals surface area contributed by atoms with Gasteiger partial charge in [-0.1, -0.05) is 15.9 Å². The molecule has 0 bridgehead atoms. The molecule has 2 rings (SSSR count). The highest BCUT2D eigenvalue weighted by Crippen LogP contribution is 2.22. The molecule has 114 valence electrons. The molecule has 0 aliphatic carbocycles. The van der Waals surface area contributed by atoms with Crippen LogP contribution in [-0.2, 0) is 11.3 Å². The Kier molecular flexibility index (Phi) is 5.82. The lowest BCUT2D eigenvalue weighted by molar-refractivity contribution is 0.142. The normalized spacial score (nSPS) is 10.9. The van der Waals surface area contributed by atoms with Gasteiger partial charge in [0.2, 0.25) is 5.95 Å². The average molecular weight is 352 g/mol. The number of hydrogen-bond acceptors (Lipinski definition) is 3. The molecule has 1 N–H and O–H groups in total. The predicted molar refractivity (Wildman–Crippen MR) is 90.2 cm³/mol. The molecule has 1 heterocycles. The largest absolute Gasteiger partial charge is 0.382 e. The van der Waals surface area contributed by atoms with Crippen LogP contribution >= 0.6 is 15.9 Å². The standard InChI is InChI=1S/C16H22BrN3O/c1-4-21-7-5-6-20-11-13(3)18-16(20)19-15-9-12(2)8-14(17)10-15/h8-11H,4-7H2,1-3H3,(H,18,19). The van der Waals surface area contributed by atoms with E-state index in [2.05, 4.69) is 62.1 Å². The van der Waals surface area contributed by atoms with Crippen LogP contribution in [0.1, 0.15) is 24.6 Å². The maximum Gasteiger partial charge on any atom is 0.207 e. The molecule has 0 unspecified atom stereocenters. The number of aryl methyl sites for hydroxylation is 3. The third-order valence-electron chi connectivity index (χ3n) is 3.09. The summed E-state index contributed by atoms with van der Waals surface area (Å²) in [5, 5.41) is 3.40. The van der Waals surface area contributed by atoms with Crippen molar-refractivity contribution in [3.8, 4) is 0 Å². The number of hydrogen-bond donors (Lipinski definition) is 1. The number of imidazole rings is 1. The molecule has 0 aliphatic heterocycles. The Balaban J connectivity index is 2.08. The van der Waals surface area contributed by atoms with Gasteiger partial charge in [0.05, 0.1) is 5.69 Å². The van der Waals surface area contributed by atoms with Gasteiger partial charge in [-0.25, -0.2) is 4.98 Å². The number of nitrogens with zero attached hydrogens (tertiary/aromatic N) is 2. The number of anilines is 2. The second-order valence-electron chi connectivity index (χ2n) is 5.09. The molecular formula is C16H22BrN3O. The van der Waals surface area contributed by atoms with Crippen LogP contribution in [0.4, 0.5) is 11.6 Å². The predicted octanol–water partition coefficient (Wildman–Crippen LogP) is 4.43. The minimum absolute atomic E-state index is 0.769. The van der Waals surface area contributed by atoms with Gasteiger partial charge in [-0.2, -0.15) is 0 Å². The SMILES string of the molecule is CCOCCCn1cc(C)nc1Nc1cc(C)cc(Br)c1. The van der Waals surface area contributed by atoms with Crippen LogP contribution in [0.25, 0.3) is 0 Å². The molecule has 1 aromatic heterocycles. The molecule has 0 saturated heterocycles. The summed E-state index contributed by atoms with van der Waals surface area (Å²) in [6, 6.07) is 6.26. The van der Waals surface area contributed by atoms with Crippen LogP contribution < -0.4 is 5.32 Å². The minimum atomic E-state index is 0.769. The van der Waals surface area contributed by atoms with Gasteiger partial charge in [-0.05, 0) is 51.0 Å². The second-order valence-corrected chi connectivity index (χ2v) is 6.01. The first kappa shape index (κ1) is 16.0. The lowest BCUT2D eigenvalue weighted by atomic mass is 10.2. The fourth-order valence-electron chi connectivity index (χ4n) is 2.24. The monoisotopic (exact) mass is 351 g/mol. The van der Waals surface area contributed by atoms with Crippen molar-refractivity contribution in [2.75, 3.05) is 18.5 Å². The summed E-state index contributed by atoms with van der Waals surface area (Å²) in [5.74, 6) is 0.876. The van der Waals surface area contributed by atoms with Crippen molar-refractivity contribution in [3.63, 3.8) is 0 Å². The van der Waals surface area contributed by atoms with Crippen molar-refractivity contribution in [1.29, 1.82) is 0 Å². The van der Waals surface area contributed by atoms with E-state index in [1.165, 1.54) is 5.56 Å². The molecule has 0 atom stereocenters. The van der Waals surface area contributed by atoms with Crippen LogP contribution in [0.3, 0.4) is 0 Å². The van der Waals surface area contributed by atoms with Crippen LogP contribution in [-0.4, -0.2) is 22.8 Å². The lowest BCUT2D eigenvalue weighted by Crippen LogP contribution is -2.06. The Morgan fingerprint density at radius 3 is 2.81 bits per heavy atom. The molecule has 0 radical (unpaired) electrons. The molecule has 1 aromatic carbocycles. The number of halogens is 1. The highest BCUT2D eigenvalue weighted by Gasteiger charge is 2.06. The topological polar surface area (TPSA) is 39.1 Å². The average Bonchev–Trinajstić information content (AvgIpc) is 2.73. The van der Waals surface area contributed by atoms with Gasteiger partial charge in [0.1, 0.15) is 0 Å². The van der Waals surface area contributed by atoms with E-state index in [0.717, 1.165) is 48.0 Å². The highest BCUT2D eigenvalue weighted by molar-refractivity contribution is 9.10. The van der Waals surface area contributed by atoms with Gasteiger partial charge in [0.25, 0.3) is 0 Å². The molecule has 0 fully saturated rings. The number of benzene rings is 1. The Morgan fingerprint density at radius 2 is 2.10 bits per heavy atom. The van der Waals surface area contributed by atoms with E-state index in [-0.39, 0.29) is 0 Å². The maximum absolute atomic E-state index is 5.39. The quantitative estimate of drug-likeness (QED) is 0.749. The van der Waals surface area contributed by atoms with Crippen molar-refractivity contribution in [2.24, 2.45) is 0 Å². The molecule has 0 saturated carbocycles. The van der Waals surface area contributed by atoms with Crippen molar-refractivity contribution in [1.82, 2.24) is 9.55 Å². The zero-order valence-electron chi connectivity index (χ0n) is 12.8. The van der Waals surface area contributed by atoms with Gasteiger partial charge < -0.3 is 14.6 Å². The highest BCUT2D eigenvalue weighted by atomic mass is 79.9. The van der Waals surface area contributed by atoms with Crippen molar-refractivity contribution in [3.05, 3.63) is 40.1 Å². The number of rotatable bonds is 7. The first-order chi connectivity index (χ1) is 10.1. The third-order valence-corrected chi connectivity index (χ3v) is 3.54. The summed E-state index contributed by atoms with van der Waals surface area (Å²) in [6.45, 7) is 8.56. The van der Waals surface area contributed by atoms with Crippen molar-refractivity contribution >= 4 is 27.6 Å². The summed E-state index contributed by atoms with van der Waals surface area (Å²) < 4.78 is 8.60. The van der Waals surface area contributed by atoms with Crippen LogP contribution in [0.5, 0.6) is 0 Å². The zero-order chi connectivity index (χ0) is 15.2. The van der Waals surface area contributed by atoms with Crippen LogP contribution in [0, 0.1) is 13.8 Å². The molecular weight excluding hydrogens is 330 g/mol. The molecule has 4 nitrogen and oxygen atoms in total. The van der Waals surface area contributed by atoms with E-state index in [4.69, 9.17) is 4.74 Å². The third kappa shape index (κ3) is 4.86. The molecule has 21 heavy (non-hydrogen) atoms. The van der Waals surface area contributed by atoms with E-state index >= 15 is 0 Å². The van der Waals surface area contributed by atoms with Gasteiger partial charge in [-0.15, -0.1) is 0 Å². The van der Waals surface area contributed by atoms with Crippen LogP contribution in [0.15, 0.2) is 28.9 Å². The van der Waals surface area contributed by atoms with Gasteiger partial charge in [0, 0.05) is 36.1 Å². The van der Waals surface area contributed by atoms with Gasteiger partial charge >= 0.3 is 0 Å². The minimum Gasteiger partial charge on any atom is -0.382 e. The van der Waals surface area contributed by atoms with Gasteiger partial charge in [0.15, 0.2) is 0 Å². The number of ether oxygens (including phenoxy) is 1. The molecule has 5 heteroatoms. The van der Waals surface area contributed by atoms with E-state index in [9.17, 15) is 0 Å². The molecule has 0 amide bonds. The fraction of sp³-hybridized carbons (Fsp3) is 0.438. The Labute approximate surface area is 134 Å². The Bertz CT molecular complexity index is 575. The molecule has 0 aliphatic rings. The van der Waals surface area contributed by atoms with E-state index < -0.39 is 0 Å². The number of aromatic nitrogens is 2. The summed E-state index contributed by atoms with van der Waals surface area (Å²) in [6.07, 6.45) is 3.05. The van der Waals surface area contributed by atoms with E-state index in [1.54, 1.807) is 0 Å². The molecule has 0 spiro atoms. The summed E-state index contributed by atoms with van der Waals surface area (Å²) >= 11 is 3.53. The van der Waals surface area contributed by atoms with Gasteiger partial charge in [-0.3, -0.25) is 0 Å². The van der Waals surface area contributed by atoms with E-state index in [0.29, 0.717) is 0 Å². The maximum atomic E-state index is 5.39. The van der Waals surface area contributed by atoms with Crippen molar-refractivity contribution < 1.29 is 4.74 Å². The van der Waals surface area contributed by atoms with E-state index in [1.807, 2.05) is 13.8 Å².